The standard InChI is InChI=1S/C15H12N2.2C2H6/c1-2-7-13(8-3-1)16-15-11-10-12-6-4-5-9-14(12)17-15;2*1-2/h1-11H,(H,16,17);2*1-2H3. The Morgan fingerprint density at radius 2 is 1.29 bits per heavy atom. The van der Waals surface area contributed by atoms with Gasteiger partial charge in [-0.05, 0) is 30.3 Å². The summed E-state index contributed by atoms with van der Waals surface area (Å²) >= 11 is 0. The molecule has 1 N–H and O–H groups in total. The van der Waals surface area contributed by atoms with Gasteiger partial charge in [0.2, 0.25) is 0 Å². The first-order valence-corrected chi connectivity index (χ1v) is 7.60. The molecule has 0 aliphatic carbocycles. The topological polar surface area (TPSA) is 24.9 Å². The maximum absolute atomic E-state index is 4.56. The van der Waals surface area contributed by atoms with Crippen molar-refractivity contribution >= 4 is 22.4 Å². The summed E-state index contributed by atoms with van der Waals surface area (Å²) < 4.78 is 0. The fourth-order valence-corrected chi connectivity index (χ4v) is 1.81. The lowest BCUT2D eigenvalue weighted by atomic mass is 10.2. The van der Waals surface area contributed by atoms with Crippen LogP contribution in [0.1, 0.15) is 27.7 Å². The summed E-state index contributed by atoms with van der Waals surface area (Å²) in [7, 11) is 0. The van der Waals surface area contributed by atoms with Crippen LogP contribution in [0, 0.1) is 0 Å². The van der Waals surface area contributed by atoms with Gasteiger partial charge < -0.3 is 5.32 Å². The highest BCUT2D eigenvalue weighted by molar-refractivity contribution is 5.80. The van der Waals surface area contributed by atoms with Crippen molar-refractivity contribution in [3.63, 3.8) is 0 Å². The van der Waals surface area contributed by atoms with Gasteiger partial charge in [0.15, 0.2) is 0 Å². The molecule has 21 heavy (non-hydrogen) atoms. The van der Waals surface area contributed by atoms with E-state index in [0.29, 0.717) is 0 Å². The fourth-order valence-electron chi connectivity index (χ4n) is 1.81. The maximum atomic E-state index is 4.56. The highest BCUT2D eigenvalue weighted by atomic mass is 15.0. The number of nitrogens with zero attached hydrogens (tertiary/aromatic N) is 1. The lowest BCUT2D eigenvalue weighted by Crippen LogP contribution is -1.92. The molecule has 0 bridgehead atoms. The molecule has 3 rings (SSSR count). The monoisotopic (exact) mass is 280 g/mol. The number of anilines is 2. The van der Waals surface area contributed by atoms with E-state index in [1.165, 1.54) is 0 Å². The molecule has 0 atom stereocenters. The Morgan fingerprint density at radius 3 is 2.00 bits per heavy atom. The predicted octanol–water partition coefficient (Wildman–Crippen LogP) is 6.03. The van der Waals surface area contributed by atoms with Crippen LogP contribution in [0.5, 0.6) is 0 Å². The molecule has 2 nitrogen and oxygen atoms in total. The summed E-state index contributed by atoms with van der Waals surface area (Å²) in [6, 6.07) is 22.2. The summed E-state index contributed by atoms with van der Waals surface area (Å²) in [5, 5.41) is 4.44. The van der Waals surface area contributed by atoms with Gasteiger partial charge in [-0.15, -0.1) is 0 Å². The van der Waals surface area contributed by atoms with Gasteiger partial charge in [0.1, 0.15) is 5.82 Å². The van der Waals surface area contributed by atoms with E-state index in [9.17, 15) is 0 Å². The Balaban J connectivity index is 0.000000510. The average Bonchev–Trinajstić information content (AvgIpc) is 2.59. The second kappa shape index (κ2) is 9.54. The number of fused-ring (bicyclic) bond motifs is 1. The van der Waals surface area contributed by atoms with Gasteiger partial charge >= 0.3 is 0 Å². The van der Waals surface area contributed by atoms with Crippen molar-refractivity contribution in [1.82, 2.24) is 4.98 Å². The van der Waals surface area contributed by atoms with Crippen molar-refractivity contribution < 1.29 is 0 Å². The highest BCUT2D eigenvalue weighted by Crippen LogP contribution is 2.18. The van der Waals surface area contributed by atoms with Gasteiger partial charge in [-0.25, -0.2) is 4.98 Å². The number of hydrogen-bond acceptors (Lipinski definition) is 2. The molecular weight excluding hydrogens is 256 g/mol. The average molecular weight is 280 g/mol. The number of pyridine rings is 1. The first-order valence-electron chi connectivity index (χ1n) is 7.60. The van der Waals surface area contributed by atoms with Crippen LogP contribution in [0.4, 0.5) is 11.5 Å². The van der Waals surface area contributed by atoms with Crippen molar-refractivity contribution in [3.05, 3.63) is 66.7 Å². The van der Waals surface area contributed by atoms with Gasteiger partial charge in [-0.2, -0.15) is 0 Å². The van der Waals surface area contributed by atoms with E-state index in [1.54, 1.807) is 0 Å². The summed E-state index contributed by atoms with van der Waals surface area (Å²) in [6.07, 6.45) is 0. The molecule has 0 amide bonds. The quantitative estimate of drug-likeness (QED) is 0.620. The van der Waals surface area contributed by atoms with E-state index in [4.69, 9.17) is 0 Å². The molecule has 0 saturated carbocycles. The second-order valence-corrected chi connectivity index (χ2v) is 3.88. The molecule has 110 valence electrons. The van der Waals surface area contributed by atoms with E-state index >= 15 is 0 Å². The number of hydrogen-bond donors (Lipinski definition) is 1. The zero-order chi connectivity index (χ0) is 15.5. The number of aromatic nitrogens is 1. The lowest BCUT2D eigenvalue weighted by molar-refractivity contribution is 1.37. The van der Waals surface area contributed by atoms with E-state index in [1.807, 2.05) is 82.3 Å². The maximum Gasteiger partial charge on any atom is 0.131 e. The minimum absolute atomic E-state index is 0.870. The minimum atomic E-state index is 0.870. The van der Waals surface area contributed by atoms with Gasteiger partial charge in [-0.1, -0.05) is 64.1 Å². The van der Waals surface area contributed by atoms with Crippen LogP contribution in [0.2, 0.25) is 0 Å². The second-order valence-electron chi connectivity index (χ2n) is 3.88. The van der Waals surface area contributed by atoms with E-state index in [0.717, 1.165) is 22.4 Å². The third-order valence-corrected chi connectivity index (χ3v) is 2.64. The molecule has 0 saturated heterocycles. The van der Waals surface area contributed by atoms with E-state index in [2.05, 4.69) is 22.4 Å². The molecule has 2 heteroatoms. The molecule has 0 aliphatic heterocycles. The molecule has 3 aromatic rings. The lowest BCUT2D eigenvalue weighted by Gasteiger charge is -2.06. The molecule has 2 aromatic carbocycles. The molecule has 0 fully saturated rings. The van der Waals surface area contributed by atoms with Crippen LogP contribution in [0.25, 0.3) is 10.9 Å². The van der Waals surface area contributed by atoms with Crippen LogP contribution in [0.3, 0.4) is 0 Å². The third kappa shape index (κ3) is 4.92. The number of benzene rings is 2. The smallest absolute Gasteiger partial charge is 0.131 e. The van der Waals surface area contributed by atoms with Crippen LogP contribution in [-0.2, 0) is 0 Å². The summed E-state index contributed by atoms with van der Waals surface area (Å²) in [5.74, 6) is 0.870. The number of rotatable bonds is 2. The zero-order valence-electron chi connectivity index (χ0n) is 13.3. The summed E-state index contributed by atoms with van der Waals surface area (Å²) in [5.41, 5.74) is 2.06. The Labute approximate surface area is 127 Å². The van der Waals surface area contributed by atoms with Crippen molar-refractivity contribution in [2.75, 3.05) is 5.32 Å². The van der Waals surface area contributed by atoms with Crippen LogP contribution in [-0.4, -0.2) is 4.98 Å². The zero-order valence-corrected chi connectivity index (χ0v) is 13.3. The number of nitrogens with one attached hydrogen (secondary N) is 1. The molecule has 0 unspecified atom stereocenters. The Kier molecular flexibility index (Phi) is 7.59. The Hall–Kier alpha value is -2.35. The summed E-state index contributed by atoms with van der Waals surface area (Å²) in [4.78, 5) is 4.56. The van der Waals surface area contributed by atoms with Crippen molar-refractivity contribution in [2.24, 2.45) is 0 Å². The molecular formula is C19H24N2. The molecule has 0 aliphatic rings. The van der Waals surface area contributed by atoms with Crippen molar-refractivity contribution in [2.45, 2.75) is 27.7 Å². The number of para-hydroxylation sites is 2. The van der Waals surface area contributed by atoms with Gasteiger partial charge in [0.05, 0.1) is 5.52 Å². The molecule has 0 radical (unpaired) electrons. The third-order valence-electron chi connectivity index (χ3n) is 2.64. The van der Waals surface area contributed by atoms with E-state index < -0.39 is 0 Å². The van der Waals surface area contributed by atoms with Crippen LogP contribution >= 0.6 is 0 Å². The van der Waals surface area contributed by atoms with Crippen molar-refractivity contribution in [3.8, 4) is 0 Å². The largest absolute Gasteiger partial charge is 0.340 e. The molecule has 1 heterocycles. The van der Waals surface area contributed by atoms with Crippen LogP contribution < -0.4 is 5.32 Å². The predicted molar refractivity (Wildman–Crippen MR) is 94.2 cm³/mol. The Bertz CT molecular complexity index is 633. The van der Waals surface area contributed by atoms with Gasteiger partial charge in [0, 0.05) is 11.1 Å². The minimum Gasteiger partial charge on any atom is -0.340 e. The van der Waals surface area contributed by atoms with Gasteiger partial charge in [-0.3, -0.25) is 0 Å². The highest BCUT2D eigenvalue weighted by Gasteiger charge is 1.97. The van der Waals surface area contributed by atoms with Crippen LogP contribution in [0.15, 0.2) is 66.7 Å². The SMILES string of the molecule is CC.CC.c1ccc(Nc2ccc3ccccc3n2)cc1. The summed E-state index contributed by atoms with van der Waals surface area (Å²) in [6.45, 7) is 8.00. The first kappa shape index (κ1) is 16.7. The molecule has 1 aromatic heterocycles. The van der Waals surface area contributed by atoms with Crippen molar-refractivity contribution in [1.29, 1.82) is 0 Å². The van der Waals surface area contributed by atoms with Gasteiger partial charge in [0.25, 0.3) is 0 Å². The fraction of sp³-hybridized carbons (Fsp3) is 0.211. The first-order chi connectivity index (χ1) is 10.4. The molecule has 0 spiro atoms. The normalized spacial score (nSPS) is 8.95. The van der Waals surface area contributed by atoms with E-state index in [-0.39, 0.29) is 0 Å². The Morgan fingerprint density at radius 1 is 0.667 bits per heavy atom.